The number of benzene rings is 1. The smallest absolute Gasteiger partial charge is 0.348 e. The van der Waals surface area contributed by atoms with Gasteiger partial charge in [0.1, 0.15) is 6.42 Å². The molecule has 144 valence electrons. The zero-order valence-electron chi connectivity index (χ0n) is 14.2. The van der Waals surface area contributed by atoms with Crippen LogP contribution in [-0.2, 0) is 26.5 Å². The number of carbonyl (C=O) groups excluding carboxylic acids is 1. The third-order valence-electron chi connectivity index (χ3n) is 4.01. The van der Waals surface area contributed by atoms with E-state index in [4.69, 9.17) is 9.47 Å². The van der Waals surface area contributed by atoms with Gasteiger partial charge in [-0.25, -0.2) is 4.79 Å². The van der Waals surface area contributed by atoms with Crippen LogP contribution in [0.15, 0.2) is 54.7 Å². The summed E-state index contributed by atoms with van der Waals surface area (Å²) < 4.78 is 37.5. The van der Waals surface area contributed by atoms with E-state index in [-0.39, 0.29) is 17.7 Å². The molecule has 0 spiro atoms. The van der Waals surface area contributed by atoms with Gasteiger partial charge in [0, 0.05) is 30.0 Å². The molecule has 1 fully saturated rings. The molecule has 27 heavy (non-hydrogen) atoms. The number of hydrogen-bond donors (Lipinski definition) is 1. The van der Waals surface area contributed by atoms with E-state index in [1.807, 2.05) is 0 Å². The van der Waals surface area contributed by atoms with Crippen molar-refractivity contribution >= 4 is 17.7 Å². The minimum absolute atomic E-state index is 0.127. The lowest BCUT2D eigenvalue weighted by Gasteiger charge is -2.33. The number of carbonyl (C=O) groups is 1. The standard InChI is InChI=1S/C18H18F2N2O4S/c19-17(20)26-18(13-6-2-1-3-7-13,12-14-8-4-5-10-22(14)24)25-16(23)15-21-9-11-27-15/h1-8,10,15,17,21H,9,11-12H2/t15-,18?/m0/s1. The molecule has 0 bridgehead atoms. The topological polar surface area (TPSA) is 74.5 Å². The molecule has 3 rings (SSSR count). The van der Waals surface area contributed by atoms with Crippen molar-refractivity contribution in [3.05, 3.63) is 71.2 Å². The van der Waals surface area contributed by atoms with Gasteiger partial charge in [0.25, 0.3) is 5.79 Å². The maximum atomic E-state index is 13.3. The highest BCUT2D eigenvalue weighted by atomic mass is 32.2. The fourth-order valence-corrected chi connectivity index (χ4v) is 3.69. The Balaban J connectivity index is 2.01. The first kappa shape index (κ1) is 19.5. The average molecular weight is 396 g/mol. The number of rotatable bonds is 7. The monoisotopic (exact) mass is 396 g/mol. The average Bonchev–Trinajstić information content (AvgIpc) is 3.19. The van der Waals surface area contributed by atoms with E-state index in [1.54, 1.807) is 24.3 Å². The summed E-state index contributed by atoms with van der Waals surface area (Å²) in [5.41, 5.74) is 0.340. The zero-order chi connectivity index (χ0) is 19.3. The van der Waals surface area contributed by atoms with Gasteiger partial charge < -0.3 is 9.94 Å². The van der Waals surface area contributed by atoms with Gasteiger partial charge in [-0.2, -0.15) is 13.5 Å². The number of ether oxygens (including phenoxy) is 2. The van der Waals surface area contributed by atoms with Gasteiger partial charge in [0.2, 0.25) is 0 Å². The molecule has 0 radical (unpaired) electrons. The fraction of sp³-hybridized carbons (Fsp3) is 0.333. The molecule has 1 aliphatic heterocycles. The number of nitrogens with one attached hydrogen (secondary N) is 1. The van der Waals surface area contributed by atoms with Crippen LogP contribution in [-0.4, -0.2) is 30.3 Å². The molecule has 1 unspecified atom stereocenters. The lowest BCUT2D eigenvalue weighted by Crippen LogP contribution is -2.46. The van der Waals surface area contributed by atoms with Crippen molar-refractivity contribution < 1.29 is 27.8 Å². The highest BCUT2D eigenvalue weighted by molar-refractivity contribution is 8.00. The fourth-order valence-electron chi connectivity index (χ4n) is 2.80. The van der Waals surface area contributed by atoms with Gasteiger partial charge in [0.15, 0.2) is 17.3 Å². The van der Waals surface area contributed by atoms with Gasteiger partial charge in [-0.3, -0.25) is 10.1 Å². The maximum absolute atomic E-state index is 13.3. The molecule has 0 aliphatic carbocycles. The number of hydrogen-bond acceptors (Lipinski definition) is 6. The van der Waals surface area contributed by atoms with Crippen molar-refractivity contribution in [2.24, 2.45) is 0 Å². The lowest BCUT2D eigenvalue weighted by molar-refractivity contribution is -0.616. The normalized spacial score (nSPS) is 19.0. The zero-order valence-corrected chi connectivity index (χ0v) is 15.0. The van der Waals surface area contributed by atoms with Crippen LogP contribution in [0.2, 0.25) is 0 Å². The minimum atomic E-state index is -3.22. The molecule has 1 aromatic carbocycles. The van der Waals surface area contributed by atoms with Gasteiger partial charge in [-0.05, 0) is 0 Å². The second kappa shape index (κ2) is 8.64. The summed E-state index contributed by atoms with van der Waals surface area (Å²) in [6.45, 7) is -2.61. The molecule has 2 atom stereocenters. The van der Waals surface area contributed by atoms with Crippen LogP contribution in [0, 0.1) is 5.21 Å². The Labute approximate surface area is 159 Å². The van der Waals surface area contributed by atoms with Crippen LogP contribution in [0.1, 0.15) is 11.3 Å². The van der Waals surface area contributed by atoms with Crippen LogP contribution in [0.25, 0.3) is 0 Å². The second-order valence-electron chi connectivity index (χ2n) is 5.82. The Morgan fingerprint density at radius 3 is 2.67 bits per heavy atom. The Morgan fingerprint density at radius 1 is 1.30 bits per heavy atom. The SMILES string of the molecule is O=C(OC(Cc1cccc[n+]1[O-])(OC(F)F)c1ccccc1)[C@H]1NCCS1. The lowest BCUT2D eigenvalue weighted by atomic mass is 9.99. The van der Waals surface area contributed by atoms with Crippen LogP contribution >= 0.6 is 11.8 Å². The molecule has 1 aromatic heterocycles. The highest BCUT2D eigenvalue weighted by Crippen LogP contribution is 2.34. The van der Waals surface area contributed by atoms with Crippen molar-refractivity contribution in [2.75, 3.05) is 12.3 Å². The molecule has 9 heteroatoms. The molecule has 2 aromatic rings. The molecule has 1 saturated heterocycles. The van der Waals surface area contributed by atoms with E-state index in [0.717, 1.165) is 0 Å². The summed E-state index contributed by atoms with van der Waals surface area (Å²) in [7, 11) is 0. The predicted octanol–water partition coefficient (Wildman–Crippen LogP) is 2.16. The van der Waals surface area contributed by atoms with E-state index in [9.17, 15) is 18.8 Å². The largest absolute Gasteiger partial charge is 0.618 e. The Morgan fingerprint density at radius 2 is 2.04 bits per heavy atom. The first-order valence-corrected chi connectivity index (χ1v) is 9.31. The number of thioether (sulfide) groups is 1. The van der Waals surface area contributed by atoms with Crippen LogP contribution < -0.4 is 10.0 Å². The summed E-state index contributed by atoms with van der Waals surface area (Å²) in [6.07, 6.45) is 0.873. The molecular formula is C18H18F2N2O4S. The molecule has 0 saturated carbocycles. The van der Waals surface area contributed by atoms with E-state index in [2.05, 4.69) is 5.32 Å². The number of halogens is 2. The van der Waals surface area contributed by atoms with Crippen molar-refractivity contribution in [3.8, 4) is 0 Å². The minimum Gasteiger partial charge on any atom is -0.618 e. The van der Waals surface area contributed by atoms with E-state index in [0.29, 0.717) is 17.0 Å². The Kier molecular flexibility index (Phi) is 6.25. The molecule has 1 aliphatic rings. The maximum Gasteiger partial charge on any atom is 0.348 e. The molecule has 1 N–H and O–H groups in total. The summed E-state index contributed by atoms with van der Waals surface area (Å²) in [5.74, 6) is -2.16. The second-order valence-corrected chi connectivity index (χ2v) is 7.03. The van der Waals surface area contributed by atoms with E-state index >= 15 is 0 Å². The first-order valence-electron chi connectivity index (χ1n) is 8.26. The summed E-state index contributed by atoms with van der Waals surface area (Å²) in [6, 6.07) is 12.5. The molecule has 6 nitrogen and oxygen atoms in total. The summed E-state index contributed by atoms with van der Waals surface area (Å²) >= 11 is 1.32. The molecule has 0 amide bonds. The van der Waals surface area contributed by atoms with Crippen molar-refractivity contribution in [3.63, 3.8) is 0 Å². The first-order chi connectivity index (χ1) is 13.0. The Bertz CT molecular complexity index is 775. The van der Waals surface area contributed by atoms with E-state index in [1.165, 1.54) is 42.2 Å². The van der Waals surface area contributed by atoms with Gasteiger partial charge in [-0.15, -0.1) is 11.8 Å². The van der Waals surface area contributed by atoms with Gasteiger partial charge in [-0.1, -0.05) is 36.4 Å². The third-order valence-corrected chi connectivity index (χ3v) is 5.14. The predicted molar refractivity (Wildman–Crippen MR) is 94.7 cm³/mol. The highest BCUT2D eigenvalue weighted by Gasteiger charge is 2.44. The van der Waals surface area contributed by atoms with Crippen molar-refractivity contribution in [1.82, 2.24) is 5.32 Å². The van der Waals surface area contributed by atoms with Gasteiger partial charge >= 0.3 is 12.6 Å². The van der Waals surface area contributed by atoms with E-state index < -0.39 is 23.7 Å². The summed E-state index contributed by atoms with van der Waals surface area (Å²) in [4.78, 5) is 12.6. The third kappa shape index (κ3) is 4.74. The number of nitrogens with zero attached hydrogens (tertiary/aromatic N) is 1. The number of pyridine rings is 1. The molecule has 2 heterocycles. The van der Waals surface area contributed by atoms with Gasteiger partial charge in [0.05, 0.1) is 0 Å². The number of aromatic nitrogens is 1. The summed E-state index contributed by atoms with van der Waals surface area (Å²) in [5, 5.41) is 14.3. The number of esters is 1. The van der Waals surface area contributed by atoms with Crippen LogP contribution in [0.5, 0.6) is 0 Å². The quantitative estimate of drug-likeness (QED) is 0.335. The van der Waals surface area contributed by atoms with Crippen molar-refractivity contribution in [2.45, 2.75) is 24.2 Å². The van der Waals surface area contributed by atoms with Crippen LogP contribution in [0.3, 0.4) is 0 Å². The Hall–Kier alpha value is -2.23. The number of alkyl halides is 2. The van der Waals surface area contributed by atoms with Crippen molar-refractivity contribution in [1.29, 1.82) is 0 Å². The van der Waals surface area contributed by atoms with Crippen LogP contribution in [0.4, 0.5) is 8.78 Å². The molecular weight excluding hydrogens is 378 g/mol.